The first-order valence-corrected chi connectivity index (χ1v) is 12.3. The van der Waals surface area contributed by atoms with Gasteiger partial charge in [0.1, 0.15) is 12.2 Å². The van der Waals surface area contributed by atoms with Gasteiger partial charge in [-0.2, -0.15) is 0 Å². The van der Waals surface area contributed by atoms with E-state index in [1.807, 2.05) is 42.5 Å². The third-order valence-corrected chi connectivity index (χ3v) is 6.42. The summed E-state index contributed by atoms with van der Waals surface area (Å²) in [5.41, 5.74) is 6.99. The van der Waals surface area contributed by atoms with Gasteiger partial charge in [0, 0.05) is 11.1 Å². The normalized spacial score (nSPS) is 12.7. The van der Waals surface area contributed by atoms with Crippen LogP contribution in [0.1, 0.15) is 47.4 Å². The van der Waals surface area contributed by atoms with Crippen LogP contribution in [0.15, 0.2) is 97.1 Å². The molecule has 2 unspecified atom stereocenters. The van der Waals surface area contributed by atoms with Crippen molar-refractivity contribution in [3.63, 3.8) is 0 Å². The molecule has 182 valence electrons. The van der Waals surface area contributed by atoms with Crippen LogP contribution in [0, 0.1) is 0 Å². The number of carbonyl (C=O) groups excluding carboxylic acids is 2. The van der Waals surface area contributed by atoms with Gasteiger partial charge < -0.3 is 10.2 Å². The molecule has 2 N–H and O–H groups in total. The molecule has 0 bridgehead atoms. The largest absolute Gasteiger partial charge is 0.385 e. The van der Waals surface area contributed by atoms with Crippen LogP contribution in [-0.4, -0.2) is 34.0 Å². The lowest BCUT2D eigenvalue weighted by Crippen LogP contribution is -2.19. The predicted octanol–water partition coefficient (Wildman–Crippen LogP) is 6.59. The first kappa shape index (κ1) is 25.2. The number of aliphatic hydroxyl groups excluding tert-OH is 2. The van der Waals surface area contributed by atoms with Gasteiger partial charge in [0.2, 0.25) is 0 Å². The summed E-state index contributed by atoms with van der Waals surface area (Å²) in [5, 5.41) is 19.8. The van der Waals surface area contributed by atoms with Gasteiger partial charge >= 0.3 is 0 Å². The van der Waals surface area contributed by atoms with E-state index in [-0.39, 0.29) is 11.6 Å². The van der Waals surface area contributed by atoms with Crippen LogP contribution in [0.2, 0.25) is 0 Å². The third-order valence-electron chi connectivity index (χ3n) is 6.42. The fourth-order valence-electron chi connectivity index (χ4n) is 4.17. The lowest BCUT2D eigenvalue weighted by Gasteiger charge is -2.13. The van der Waals surface area contributed by atoms with E-state index in [0.29, 0.717) is 24.0 Å². The van der Waals surface area contributed by atoms with Crippen molar-refractivity contribution in [3.8, 4) is 33.4 Å². The third kappa shape index (κ3) is 5.51. The number of hydrogen-bond acceptors (Lipinski definition) is 4. The van der Waals surface area contributed by atoms with E-state index in [2.05, 4.69) is 30.3 Å². The summed E-state index contributed by atoms with van der Waals surface area (Å²) in [5.74, 6) is -0.545. The number of hydrogen-bond donors (Lipinski definition) is 2. The molecular formula is C32H30O4. The highest BCUT2D eigenvalue weighted by molar-refractivity contribution is 6.00. The number of benzene rings is 4. The number of Topliss-reactive ketones (excluding diaryl/α,β-unsaturated/α-hetero) is 2. The first-order valence-electron chi connectivity index (χ1n) is 12.3. The zero-order valence-electron chi connectivity index (χ0n) is 20.5. The van der Waals surface area contributed by atoms with Gasteiger partial charge in [0.05, 0.1) is 0 Å². The van der Waals surface area contributed by atoms with Crippen LogP contribution in [0.4, 0.5) is 0 Å². The Balaban J connectivity index is 1.75. The summed E-state index contributed by atoms with van der Waals surface area (Å²) >= 11 is 0. The second kappa shape index (κ2) is 11.3. The molecule has 0 aliphatic carbocycles. The zero-order valence-corrected chi connectivity index (χ0v) is 20.5. The standard InChI is InChI=1S/C32H30O4/c1-3-29(33)31(35)24-14-10-22(11-15-24)27-18-26(21-8-6-5-7-9-21)19-28(20-27)23-12-16-25(17-13-23)32(36)30(34)4-2/h5-20,29-30,33-34H,3-4H2,1-2H3. The monoisotopic (exact) mass is 478 g/mol. The second-order valence-corrected chi connectivity index (χ2v) is 8.90. The van der Waals surface area contributed by atoms with Crippen molar-refractivity contribution in [3.05, 3.63) is 108 Å². The van der Waals surface area contributed by atoms with Crippen LogP contribution < -0.4 is 0 Å². The molecule has 4 nitrogen and oxygen atoms in total. The Morgan fingerprint density at radius 2 is 0.861 bits per heavy atom. The zero-order chi connectivity index (χ0) is 25.7. The Bertz CT molecular complexity index is 1260. The van der Waals surface area contributed by atoms with Gasteiger partial charge in [0.25, 0.3) is 0 Å². The molecule has 0 fully saturated rings. The Morgan fingerprint density at radius 1 is 0.528 bits per heavy atom. The highest BCUT2D eigenvalue weighted by Gasteiger charge is 2.16. The summed E-state index contributed by atoms with van der Waals surface area (Å²) in [6.07, 6.45) is -1.22. The molecule has 0 amide bonds. The average Bonchev–Trinajstić information content (AvgIpc) is 2.95. The van der Waals surface area contributed by atoms with E-state index in [1.165, 1.54) is 0 Å². The number of aliphatic hydroxyl groups is 2. The number of carbonyl (C=O) groups is 2. The van der Waals surface area contributed by atoms with E-state index < -0.39 is 12.2 Å². The minimum atomic E-state index is -0.989. The first-order chi connectivity index (χ1) is 17.4. The SMILES string of the molecule is CCC(O)C(=O)c1ccc(-c2cc(-c3ccccc3)cc(-c3ccc(C(=O)C(O)CC)cc3)c2)cc1. The molecule has 4 rings (SSSR count). The Kier molecular flexibility index (Phi) is 7.89. The molecular weight excluding hydrogens is 448 g/mol. The quantitative estimate of drug-likeness (QED) is 0.266. The van der Waals surface area contributed by atoms with Gasteiger partial charge in [-0.05, 0) is 64.4 Å². The van der Waals surface area contributed by atoms with Crippen LogP contribution in [0.25, 0.3) is 33.4 Å². The highest BCUT2D eigenvalue weighted by Crippen LogP contribution is 2.33. The summed E-state index contributed by atoms with van der Waals surface area (Å²) in [7, 11) is 0. The predicted molar refractivity (Wildman–Crippen MR) is 144 cm³/mol. The van der Waals surface area contributed by atoms with Crippen molar-refractivity contribution in [1.29, 1.82) is 0 Å². The molecule has 0 radical (unpaired) electrons. The summed E-state index contributed by atoms with van der Waals surface area (Å²) in [6, 6.07) is 31.0. The fraction of sp³-hybridized carbons (Fsp3) is 0.188. The van der Waals surface area contributed by atoms with Gasteiger partial charge in [-0.15, -0.1) is 0 Å². The molecule has 0 aliphatic heterocycles. The maximum atomic E-state index is 12.3. The van der Waals surface area contributed by atoms with Crippen molar-refractivity contribution < 1.29 is 19.8 Å². The lowest BCUT2D eigenvalue weighted by atomic mass is 9.92. The molecule has 0 aromatic heterocycles. The topological polar surface area (TPSA) is 74.6 Å². The van der Waals surface area contributed by atoms with Crippen molar-refractivity contribution in [2.45, 2.75) is 38.9 Å². The second-order valence-electron chi connectivity index (χ2n) is 8.90. The van der Waals surface area contributed by atoms with E-state index in [1.54, 1.807) is 38.1 Å². The van der Waals surface area contributed by atoms with Gasteiger partial charge in [-0.25, -0.2) is 0 Å². The van der Waals surface area contributed by atoms with Crippen LogP contribution in [-0.2, 0) is 0 Å². The van der Waals surface area contributed by atoms with Gasteiger partial charge in [-0.3, -0.25) is 9.59 Å². The number of rotatable bonds is 9. The van der Waals surface area contributed by atoms with Gasteiger partial charge in [-0.1, -0.05) is 92.7 Å². The van der Waals surface area contributed by atoms with E-state index in [0.717, 1.165) is 33.4 Å². The minimum absolute atomic E-state index is 0.273. The maximum absolute atomic E-state index is 12.3. The number of ketones is 2. The highest BCUT2D eigenvalue weighted by atomic mass is 16.3. The molecule has 4 aromatic rings. The molecule has 36 heavy (non-hydrogen) atoms. The molecule has 2 atom stereocenters. The van der Waals surface area contributed by atoms with Crippen LogP contribution in [0.5, 0.6) is 0 Å². The summed E-state index contributed by atoms with van der Waals surface area (Å²) in [4.78, 5) is 24.7. The average molecular weight is 479 g/mol. The van der Waals surface area contributed by atoms with Gasteiger partial charge in [0.15, 0.2) is 11.6 Å². The van der Waals surface area contributed by atoms with E-state index >= 15 is 0 Å². The molecule has 0 saturated heterocycles. The molecule has 0 aliphatic rings. The molecule has 0 spiro atoms. The maximum Gasteiger partial charge on any atom is 0.191 e. The lowest BCUT2D eigenvalue weighted by molar-refractivity contribution is 0.0737. The Morgan fingerprint density at radius 3 is 1.19 bits per heavy atom. The summed E-state index contributed by atoms with van der Waals surface area (Å²) < 4.78 is 0. The van der Waals surface area contributed by atoms with Crippen molar-refractivity contribution >= 4 is 11.6 Å². The van der Waals surface area contributed by atoms with Crippen molar-refractivity contribution in [2.75, 3.05) is 0 Å². The van der Waals surface area contributed by atoms with Crippen LogP contribution in [0.3, 0.4) is 0 Å². The van der Waals surface area contributed by atoms with Crippen molar-refractivity contribution in [1.82, 2.24) is 0 Å². The van der Waals surface area contributed by atoms with E-state index in [4.69, 9.17) is 0 Å². The Hall–Kier alpha value is -3.86. The molecule has 0 saturated carbocycles. The van der Waals surface area contributed by atoms with Crippen molar-refractivity contribution in [2.24, 2.45) is 0 Å². The molecule has 4 aromatic carbocycles. The van der Waals surface area contributed by atoms with E-state index in [9.17, 15) is 19.8 Å². The minimum Gasteiger partial charge on any atom is -0.385 e. The fourth-order valence-corrected chi connectivity index (χ4v) is 4.17. The Labute approximate surface area is 211 Å². The smallest absolute Gasteiger partial charge is 0.191 e. The molecule has 0 heterocycles. The molecule has 4 heteroatoms. The van der Waals surface area contributed by atoms with Crippen LogP contribution >= 0.6 is 0 Å². The summed E-state index contributed by atoms with van der Waals surface area (Å²) in [6.45, 7) is 3.56.